The van der Waals surface area contributed by atoms with Crippen LogP contribution in [0, 0.1) is 0 Å². The molecule has 0 saturated heterocycles. The summed E-state index contributed by atoms with van der Waals surface area (Å²) < 4.78 is 4.96. The molecule has 3 heterocycles. The van der Waals surface area contributed by atoms with Gasteiger partial charge in [0, 0.05) is 62.4 Å². The Hall–Kier alpha value is -6.01. The van der Waals surface area contributed by atoms with E-state index in [1.807, 2.05) is 29.5 Å². The van der Waals surface area contributed by atoms with Crippen molar-refractivity contribution in [2.45, 2.75) is 0 Å². The number of rotatable bonds is 3. The Morgan fingerprint density at radius 3 is 1.76 bits per heavy atom. The van der Waals surface area contributed by atoms with Gasteiger partial charge in [-0.05, 0) is 51.2 Å². The molecular formula is C45H25N3S2. The van der Waals surface area contributed by atoms with E-state index in [9.17, 15) is 0 Å². The highest BCUT2D eigenvalue weighted by Crippen LogP contribution is 2.48. The van der Waals surface area contributed by atoms with Crippen molar-refractivity contribution in [2.24, 2.45) is 0 Å². The summed E-state index contributed by atoms with van der Waals surface area (Å²) >= 11 is 3.66. The van der Waals surface area contributed by atoms with Gasteiger partial charge in [-0.2, -0.15) is 0 Å². The molecular weight excluding hydrogens is 647 g/mol. The van der Waals surface area contributed by atoms with E-state index in [1.165, 1.54) is 72.7 Å². The fraction of sp³-hybridized carbons (Fsp3) is 0. The first-order valence-corrected chi connectivity index (χ1v) is 18.3. The smallest absolute Gasteiger partial charge is 0.165 e. The van der Waals surface area contributed by atoms with Crippen LogP contribution in [0.5, 0.6) is 0 Å². The first kappa shape index (κ1) is 27.9. The molecule has 11 rings (SSSR count). The van der Waals surface area contributed by atoms with Crippen molar-refractivity contribution >= 4 is 95.3 Å². The van der Waals surface area contributed by atoms with Crippen molar-refractivity contribution in [2.75, 3.05) is 0 Å². The van der Waals surface area contributed by atoms with Crippen LogP contribution in [0.2, 0.25) is 0 Å². The van der Waals surface area contributed by atoms with Gasteiger partial charge in [-0.3, -0.25) is 0 Å². The van der Waals surface area contributed by atoms with Crippen LogP contribution in [0.1, 0.15) is 0 Å². The van der Waals surface area contributed by atoms with Gasteiger partial charge < -0.3 is 0 Å². The quantitative estimate of drug-likeness (QED) is 0.176. The van der Waals surface area contributed by atoms with Crippen molar-refractivity contribution < 1.29 is 0 Å². The third kappa shape index (κ3) is 4.11. The number of hydrogen-bond acceptors (Lipinski definition) is 5. The van der Waals surface area contributed by atoms with E-state index in [2.05, 4.69) is 133 Å². The second kappa shape index (κ2) is 10.7. The molecule has 0 atom stereocenters. The van der Waals surface area contributed by atoms with E-state index < -0.39 is 0 Å². The number of benzene rings is 8. The maximum atomic E-state index is 5.39. The highest BCUT2D eigenvalue weighted by molar-refractivity contribution is 7.27. The van der Waals surface area contributed by atoms with Crippen molar-refractivity contribution in [1.82, 2.24) is 15.0 Å². The predicted molar refractivity (Wildman–Crippen MR) is 214 cm³/mol. The number of hydrogen-bond donors (Lipinski definition) is 0. The van der Waals surface area contributed by atoms with Crippen molar-refractivity contribution in [3.8, 4) is 34.2 Å². The molecule has 3 nitrogen and oxygen atoms in total. The zero-order chi connectivity index (χ0) is 32.8. The minimum absolute atomic E-state index is 0.667. The van der Waals surface area contributed by atoms with E-state index in [-0.39, 0.29) is 0 Å². The molecule has 0 aliphatic rings. The fourth-order valence-corrected chi connectivity index (χ4v) is 10.2. The van der Waals surface area contributed by atoms with E-state index in [0.717, 1.165) is 16.7 Å². The Bertz CT molecular complexity index is 3160. The maximum Gasteiger partial charge on any atom is 0.165 e. The van der Waals surface area contributed by atoms with E-state index in [1.54, 1.807) is 11.3 Å². The average Bonchev–Trinajstić information content (AvgIpc) is 3.77. The molecule has 5 heteroatoms. The molecule has 8 aromatic carbocycles. The molecule has 0 amide bonds. The molecule has 0 aliphatic heterocycles. The number of thiophene rings is 2. The third-order valence-corrected chi connectivity index (χ3v) is 12.3. The van der Waals surface area contributed by atoms with Gasteiger partial charge in [0.1, 0.15) is 0 Å². The van der Waals surface area contributed by atoms with Gasteiger partial charge >= 0.3 is 0 Å². The highest BCUT2D eigenvalue weighted by atomic mass is 32.1. The standard InChI is InChI=1S/C45H25N3S2/c1-2-13-28(14-3-1)43-46-44(34-19-10-18-33-32-17-8-9-20-36(32)49-41(33)34)48-45(47-43)35-25-29-22-21-26-11-4-6-15-30(26)38(29)42-40(35)39-31-16-7-5-12-27(31)23-24-37(39)50-42/h1-25H. The van der Waals surface area contributed by atoms with Crippen LogP contribution in [0.3, 0.4) is 0 Å². The summed E-state index contributed by atoms with van der Waals surface area (Å²) in [5.41, 5.74) is 3.01. The van der Waals surface area contributed by atoms with Crippen molar-refractivity contribution in [1.29, 1.82) is 0 Å². The lowest BCUT2D eigenvalue weighted by Gasteiger charge is -2.13. The molecule has 0 saturated carbocycles. The van der Waals surface area contributed by atoms with E-state index in [0.29, 0.717) is 17.5 Å². The first-order chi connectivity index (χ1) is 24.8. The van der Waals surface area contributed by atoms with Crippen LogP contribution in [0.15, 0.2) is 152 Å². The van der Waals surface area contributed by atoms with Crippen LogP contribution in [0.25, 0.3) is 107 Å². The number of fused-ring (bicyclic) bond motifs is 12. The van der Waals surface area contributed by atoms with Crippen LogP contribution in [-0.4, -0.2) is 15.0 Å². The molecule has 0 N–H and O–H groups in total. The third-order valence-electron chi connectivity index (χ3n) is 9.89. The summed E-state index contributed by atoms with van der Waals surface area (Å²) in [6.45, 7) is 0. The van der Waals surface area contributed by atoms with Gasteiger partial charge in [0.25, 0.3) is 0 Å². The molecule has 11 aromatic rings. The SMILES string of the molecule is c1ccc(-c2nc(-c3cccc4c3sc3ccccc34)nc(-c3cc4ccc5ccccc5c4c4sc5ccc6ccccc6c5c34)n2)cc1. The Kier molecular flexibility index (Phi) is 5.99. The molecule has 0 fully saturated rings. The fourth-order valence-electron chi connectivity index (χ4n) is 7.62. The Morgan fingerprint density at radius 2 is 0.940 bits per heavy atom. The monoisotopic (exact) mass is 671 g/mol. The summed E-state index contributed by atoms with van der Waals surface area (Å²) in [6, 6.07) is 54.1. The summed E-state index contributed by atoms with van der Waals surface area (Å²) in [5.74, 6) is 2.03. The minimum atomic E-state index is 0.667. The molecule has 50 heavy (non-hydrogen) atoms. The highest BCUT2D eigenvalue weighted by Gasteiger charge is 2.22. The lowest BCUT2D eigenvalue weighted by molar-refractivity contribution is 1.08. The molecule has 0 bridgehead atoms. The normalized spacial score (nSPS) is 12.0. The Labute approximate surface area is 294 Å². The number of nitrogens with zero attached hydrogens (tertiary/aromatic N) is 3. The topological polar surface area (TPSA) is 38.7 Å². The summed E-state index contributed by atoms with van der Waals surface area (Å²) in [6.07, 6.45) is 0. The summed E-state index contributed by atoms with van der Waals surface area (Å²) in [5, 5.41) is 12.3. The van der Waals surface area contributed by atoms with E-state index >= 15 is 0 Å². The number of aromatic nitrogens is 3. The van der Waals surface area contributed by atoms with Gasteiger partial charge in [0.05, 0.1) is 0 Å². The molecule has 232 valence electrons. The van der Waals surface area contributed by atoms with Gasteiger partial charge in [-0.1, -0.05) is 127 Å². The zero-order valence-corrected chi connectivity index (χ0v) is 28.2. The van der Waals surface area contributed by atoms with Gasteiger partial charge in [-0.15, -0.1) is 22.7 Å². The first-order valence-electron chi connectivity index (χ1n) is 16.7. The van der Waals surface area contributed by atoms with Crippen LogP contribution in [0.4, 0.5) is 0 Å². The van der Waals surface area contributed by atoms with E-state index in [4.69, 9.17) is 15.0 Å². The van der Waals surface area contributed by atoms with Crippen molar-refractivity contribution in [3.05, 3.63) is 152 Å². The molecule has 0 radical (unpaired) electrons. The van der Waals surface area contributed by atoms with Crippen LogP contribution in [-0.2, 0) is 0 Å². The lowest BCUT2D eigenvalue weighted by atomic mass is 9.94. The molecule has 0 aliphatic carbocycles. The minimum Gasteiger partial charge on any atom is -0.208 e. The summed E-state index contributed by atoms with van der Waals surface area (Å²) in [7, 11) is 0. The zero-order valence-electron chi connectivity index (χ0n) is 26.6. The molecule has 0 unspecified atom stereocenters. The molecule has 3 aromatic heterocycles. The maximum absolute atomic E-state index is 5.39. The Morgan fingerprint density at radius 1 is 0.340 bits per heavy atom. The van der Waals surface area contributed by atoms with Gasteiger partial charge in [-0.25, -0.2) is 15.0 Å². The second-order valence-electron chi connectivity index (χ2n) is 12.7. The second-order valence-corrected chi connectivity index (χ2v) is 14.8. The average molecular weight is 672 g/mol. The predicted octanol–water partition coefficient (Wildman–Crippen LogP) is 13.1. The van der Waals surface area contributed by atoms with Crippen molar-refractivity contribution in [3.63, 3.8) is 0 Å². The molecule has 0 spiro atoms. The lowest BCUT2D eigenvalue weighted by Crippen LogP contribution is -2.00. The summed E-state index contributed by atoms with van der Waals surface area (Å²) in [4.78, 5) is 15.9. The van der Waals surface area contributed by atoms with Crippen LogP contribution < -0.4 is 0 Å². The Balaban J connectivity index is 1.30. The van der Waals surface area contributed by atoms with Gasteiger partial charge in [0.15, 0.2) is 17.5 Å². The largest absolute Gasteiger partial charge is 0.208 e. The van der Waals surface area contributed by atoms with Gasteiger partial charge in [0.2, 0.25) is 0 Å². The van der Waals surface area contributed by atoms with Crippen LogP contribution >= 0.6 is 22.7 Å².